The number of rotatable bonds is 3. The molecule has 0 atom stereocenters. The average molecular weight is 377 g/mol. The largest absolute Gasteiger partial charge is 0.327 e. The van der Waals surface area contributed by atoms with E-state index < -0.39 is 0 Å². The van der Waals surface area contributed by atoms with Gasteiger partial charge in [-0.05, 0) is 29.0 Å². The smallest absolute Gasteiger partial charge is 0.253 e. The Kier molecular flexibility index (Phi) is 4.10. The number of allylic oxidation sites excluding steroid dienone is 1. The number of hydrogen-bond donors (Lipinski definition) is 1. The molecule has 0 radical (unpaired) electrons. The number of nitrogens with one attached hydrogen (secondary N) is 1. The van der Waals surface area contributed by atoms with Crippen LogP contribution in [0.25, 0.3) is 10.7 Å². The first-order valence-electron chi connectivity index (χ1n) is 9.05. The Morgan fingerprint density at radius 2 is 2.04 bits per heavy atom. The van der Waals surface area contributed by atoms with Gasteiger partial charge in [-0.15, -0.1) is 16.4 Å². The van der Waals surface area contributed by atoms with E-state index in [0.717, 1.165) is 36.6 Å². The molecule has 1 N–H and O–H groups in total. The lowest BCUT2D eigenvalue weighted by molar-refractivity contribution is 0.0905. The van der Waals surface area contributed by atoms with Crippen LogP contribution in [0.2, 0.25) is 0 Å². The van der Waals surface area contributed by atoms with Crippen molar-refractivity contribution in [2.24, 2.45) is 0 Å². The molecule has 0 amide bonds. The van der Waals surface area contributed by atoms with Crippen molar-refractivity contribution in [1.29, 1.82) is 0 Å². The number of hydrogen-bond acceptors (Lipinski definition) is 6. The maximum absolute atomic E-state index is 12.5. The average Bonchev–Trinajstić information content (AvgIpc) is 3.33. The van der Waals surface area contributed by atoms with Gasteiger partial charge in [0.25, 0.3) is 5.91 Å². The molecule has 27 heavy (non-hydrogen) atoms. The van der Waals surface area contributed by atoms with Gasteiger partial charge in [-0.1, -0.05) is 36.4 Å². The van der Waals surface area contributed by atoms with Gasteiger partial charge in [0.2, 0.25) is 5.95 Å². The summed E-state index contributed by atoms with van der Waals surface area (Å²) in [6.45, 7) is 2.70. The molecule has 136 valence electrons. The Balaban J connectivity index is 1.36. The van der Waals surface area contributed by atoms with Crippen molar-refractivity contribution in [1.82, 2.24) is 19.7 Å². The molecule has 0 aliphatic carbocycles. The van der Waals surface area contributed by atoms with E-state index in [9.17, 15) is 4.79 Å². The summed E-state index contributed by atoms with van der Waals surface area (Å²) in [7, 11) is 0. The van der Waals surface area contributed by atoms with Gasteiger partial charge < -0.3 is 5.32 Å². The van der Waals surface area contributed by atoms with Crippen LogP contribution in [0.3, 0.4) is 0 Å². The highest BCUT2D eigenvalue weighted by Crippen LogP contribution is 2.25. The predicted octanol–water partition coefficient (Wildman–Crippen LogP) is 3.40. The van der Waals surface area contributed by atoms with Crippen LogP contribution in [0.15, 0.2) is 53.6 Å². The zero-order valence-electron chi connectivity index (χ0n) is 14.8. The Labute approximate surface area is 161 Å². The van der Waals surface area contributed by atoms with Gasteiger partial charge in [-0.25, -0.2) is 0 Å². The maximum Gasteiger partial charge on any atom is 0.253 e. The highest BCUT2D eigenvalue weighted by atomic mass is 32.1. The molecule has 0 spiro atoms. The Morgan fingerprint density at radius 1 is 1.15 bits per heavy atom. The van der Waals surface area contributed by atoms with Crippen LogP contribution in [0.5, 0.6) is 0 Å². The molecule has 4 heterocycles. The second-order valence-corrected chi connectivity index (χ2v) is 7.78. The standard InChI is InChI=1S/C20H19N5OS/c26-18-8-7-16(13-24-10-9-14-4-1-2-5-15(14)12-24)21-20-22-19(23-25(18)20)17-6-3-11-27-17/h1-7,11H,8-10,12-13H2,(H,21,22,23). The molecular formula is C20H19N5OS. The third kappa shape index (κ3) is 3.20. The van der Waals surface area contributed by atoms with Crippen LogP contribution >= 0.6 is 11.3 Å². The Morgan fingerprint density at radius 3 is 2.89 bits per heavy atom. The van der Waals surface area contributed by atoms with E-state index in [2.05, 4.69) is 44.6 Å². The summed E-state index contributed by atoms with van der Waals surface area (Å²) >= 11 is 1.57. The number of benzene rings is 1. The SMILES string of the molecule is O=C1CC=C(CN2CCc3ccccc3C2)Nc2nc(-c3cccs3)nn21. The van der Waals surface area contributed by atoms with E-state index in [1.165, 1.54) is 15.8 Å². The lowest BCUT2D eigenvalue weighted by Gasteiger charge is -2.29. The number of fused-ring (bicyclic) bond motifs is 2. The highest BCUT2D eigenvalue weighted by molar-refractivity contribution is 7.13. The summed E-state index contributed by atoms with van der Waals surface area (Å²) in [5.41, 5.74) is 3.83. The number of aromatic nitrogens is 3. The van der Waals surface area contributed by atoms with E-state index in [1.54, 1.807) is 11.3 Å². The minimum atomic E-state index is -0.0632. The second-order valence-electron chi connectivity index (χ2n) is 6.83. The van der Waals surface area contributed by atoms with Gasteiger partial charge in [0, 0.05) is 31.8 Å². The molecule has 2 aliphatic rings. The van der Waals surface area contributed by atoms with Gasteiger partial charge in [-0.2, -0.15) is 9.67 Å². The van der Waals surface area contributed by atoms with Crippen molar-refractivity contribution in [3.8, 4) is 10.7 Å². The minimum absolute atomic E-state index is 0.0632. The third-order valence-electron chi connectivity index (χ3n) is 4.98. The normalized spacial score (nSPS) is 16.9. The third-order valence-corrected chi connectivity index (χ3v) is 5.85. The van der Waals surface area contributed by atoms with E-state index in [1.807, 2.05) is 23.6 Å². The summed E-state index contributed by atoms with van der Waals surface area (Å²) in [5, 5.41) is 9.72. The van der Waals surface area contributed by atoms with Gasteiger partial charge in [0.15, 0.2) is 5.82 Å². The zero-order chi connectivity index (χ0) is 18.2. The van der Waals surface area contributed by atoms with E-state index >= 15 is 0 Å². The number of thiophene rings is 1. The number of carbonyl (C=O) groups is 1. The number of anilines is 1. The van der Waals surface area contributed by atoms with Crippen LogP contribution in [-0.2, 0) is 13.0 Å². The summed E-state index contributed by atoms with van der Waals surface area (Å²) < 4.78 is 1.39. The topological polar surface area (TPSA) is 63.1 Å². The molecule has 3 aromatic rings. The van der Waals surface area contributed by atoms with Crippen molar-refractivity contribution >= 4 is 23.2 Å². The van der Waals surface area contributed by atoms with Crippen molar-refractivity contribution in [2.45, 2.75) is 19.4 Å². The van der Waals surface area contributed by atoms with Crippen molar-refractivity contribution in [3.63, 3.8) is 0 Å². The highest BCUT2D eigenvalue weighted by Gasteiger charge is 2.23. The first-order valence-corrected chi connectivity index (χ1v) is 9.93. The van der Waals surface area contributed by atoms with Crippen LogP contribution in [0, 0.1) is 0 Å². The minimum Gasteiger partial charge on any atom is -0.327 e. The van der Waals surface area contributed by atoms with Crippen LogP contribution < -0.4 is 5.32 Å². The van der Waals surface area contributed by atoms with Crippen molar-refractivity contribution in [3.05, 3.63) is 64.7 Å². The fourth-order valence-electron chi connectivity index (χ4n) is 3.60. The summed E-state index contributed by atoms with van der Waals surface area (Å²) in [6, 6.07) is 12.5. The quantitative estimate of drug-likeness (QED) is 0.758. The van der Waals surface area contributed by atoms with Gasteiger partial charge in [-0.3, -0.25) is 9.69 Å². The lowest BCUT2D eigenvalue weighted by Crippen LogP contribution is -2.33. The molecule has 0 bridgehead atoms. The maximum atomic E-state index is 12.5. The molecule has 5 rings (SSSR count). The summed E-state index contributed by atoms with van der Waals surface area (Å²) in [4.78, 5) is 20.4. The molecule has 2 aliphatic heterocycles. The van der Waals surface area contributed by atoms with Crippen LogP contribution in [0.4, 0.5) is 5.95 Å². The molecule has 0 saturated heterocycles. The van der Waals surface area contributed by atoms with Crippen molar-refractivity contribution < 1.29 is 4.79 Å². The van der Waals surface area contributed by atoms with Gasteiger partial charge >= 0.3 is 0 Å². The molecular weight excluding hydrogens is 358 g/mol. The molecule has 6 nitrogen and oxygen atoms in total. The predicted molar refractivity (Wildman–Crippen MR) is 106 cm³/mol. The second kappa shape index (κ2) is 6.75. The zero-order valence-corrected chi connectivity index (χ0v) is 15.6. The van der Waals surface area contributed by atoms with Crippen LogP contribution in [0.1, 0.15) is 22.3 Å². The van der Waals surface area contributed by atoms with Crippen LogP contribution in [-0.4, -0.2) is 38.7 Å². The lowest BCUT2D eigenvalue weighted by atomic mass is 10.00. The monoisotopic (exact) mass is 377 g/mol. The fraction of sp³-hybridized carbons (Fsp3) is 0.250. The summed E-state index contributed by atoms with van der Waals surface area (Å²) in [6.07, 6.45) is 3.35. The van der Waals surface area contributed by atoms with Crippen molar-refractivity contribution in [2.75, 3.05) is 18.4 Å². The first-order chi connectivity index (χ1) is 13.3. The van der Waals surface area contributed by atoms with E-state index in [4.69, 9.17) is 0 Å². The fourth-order valence-corrected chi connectivity index (χ4v) is 4.26. The number of carbonyl (C=O) groups excluding carboxylic acids is 1. The molecule has 0 saturated carbocycles. The van der Waals surface area contributed by atoms with Gasteiger partial charge in [0.05, 0.1) is 4.88 Å². The van der Waals surface area contributed by atoms with E-state index in [-0.39, 0.29) is 5.91 Å². The molecule has 1 aromatic carbocycles. The molecule has 0 fully saturated rings. The summed E-state index contributed by atoms with van der Waals surface area (Å²) in [5.74, 6) is 1.03. The Hall–Kier alpha value is -2.77. The Bertz CT molecular complexity index is 1020. The molecule has 2 aromatic heterocycles. The number of nitrogens with zero attached hydrogens (tertiary/aromatic N) is 4. The molecule has 7 heteroatoms. The first kappa shape index (κ1) is 16.4. The van der Waals surface area contributed by atoms with E-state index in [0.29, 0.717) is 18.2 Å². The van der Waals surface area contributed by atoms with Gasteiger partial charge in [0.1, 0.15) is 0 Å². The molecule has 0 unspecified atom stereocenters.